The average Bonchev–Trinajstić information content (AvgIpc) is 3.45. The molecule has 0 radical (unpaired) electrons. The third kappa shape index (κ3) is 2.54. The molecule has 1 aliphatic heterocycles. The number of nitrogens with zero attached hydrogens (tertiary/aromatic N) is 8. The van der Waals surface area contributed by atoms with E-state index in [2.05, 4.69) is 24.8 Å². The Bertz CT molecular complexity index is 1030. The summed E-state index contributed by atoms with van der Waals surface area (Å²) < 4.78 is 1.80. The van der Waals surface area contributed by atoms with Gasteiger partial charge in [0.2, 0.25) is 11.9 Å². The van der Waals surface area contributed by atoms with E-state index in [9.17, 15) is 4.79 Å². The van der Waals surface area contributed by atoms with Gasteiger partial charge >= 0.3 is 0 Å². The van der Waals surface area contributed by atoms with Crippen LogP contribution < -0.4 is 9.80 Å². The molecule has 1 fully saturated rings. The van der Waals surface area contributed by atoms with Gasteiger partial charge in [0, 0.05) is 25.5 Å². The van der Waals surface area contributed by atoms with Crippen molar-refractivity contribution in [3.63, 3.8) is 0 Å². The number of anilines is 2. The molecule has 4 heterocycles. The fraction of sp³-hybridized carbons (Fsp3) is 0.368. The zero-order valence-corrected chi connectivity index (χ0v) is 15.7. The molecule has 0 aromatic carbocycles. The van der Waals surface area contributed by atoms with E-state index in [0.29, 0.717) is 17.7 Å². The zero-order chi connectivity index (χ0) is 19.3. The molecule has 5 rings (SSSR count). The maximum absolute atomic E-state index is 12.8. The molecule has 3 aromatic rings. The molecule has 1 atom stereocenters. The number of likely N-dealkylation sites (N-methyl/N-ethyl adjacent to an activating group) is 1. The van der Waals surface area contributed by atoms with E-state index in [1.807, 2.05) is 6.92 Å². The molecule has 1 saturated carbocycles. The van der Waals surface area contributed by atoms with Gasteiger partial charge < -0.3 is 9.80 Å². The van der Waals surface area contributed by atoms with E-state index in [1.54, 1.807) is 53.8 Å². The van der Waals surface area contributed by atoms with Crippen LogP contribution in [0.5, 0.6) is 0 Å². The van der Waals surface area contributed by atoms with E-state index in [1.165, 1.54) is 0 Å². The summed E-state index contributed by atoms with van der Waals surface area (Å²) in [6.07, 6.45) is 13.0. The first-order valence-corrected chi connectivity index (χ1v) is 9.41. The van der Waals surface area contributed by atoms with Gasteiger partial charge in [0.05, 0.1) is 24.3 Å². The molecule has 1 amide bonds. The van der Waals surface area contributed by atoms with Gasteiger partial charge in [-0.3, -0.25) is 19.3 Å². The lowest BCUT2D eigenvalue weighted by Crippen LogP contribution is -2.53. The van der Waals surface area contributed by atoms with E-state index < -0.39 is 0 Å². The van der Waals surface area contributed by atoms with Crippen LogP contribution in [-0.2, 0) is 4.79 Å². The molecule has 0 N–H and O–H groups in total. The third-order valence-electron chi connectivity index (χ3n) is 5.30. The van der Waals surface area contributed by atoms with Crippen LogP contribution >= 0.6 is 0 Å². The van der Waals surface area contributed by atoms with Crippen molar-refractivity contribution in [2.45, 2.75) is 38.3 Å². The predicted molar refractivity (Wildman–Crippen MR) is 103 cm³/mol. The molecule has 0 saturated heterocycles. The quantitative estimate of drug-likeness (QED) is 0.686. The summed E-state index contributed by atoms with van der Waals surface area (Å²) in [5.74, 6) is 1.40. The van der Waals surface area contributed by atoms with E-state index >= 15 is 0 Å². The van der Waals surface area contributed by atoms with Crippen molar-refractivity contribution in [1.82, 2.24) is 29.5 Å². The third-order valence-corrected chi connectivity index (χ3v) is 5.30. The van der Waals surface area contributed by atoms with Gasteiger partial charge in [-0.05, 0) is 19.3 Å². The average molecular weight is 376 g/mol. The summed E-state index contributed by atoms with van der Waals surface area (Å²) in [4.78, 5) is 38.8. The van der Waals surface area contributed by atoms with Crippen LogP contribution in [0.25, 0.3) is 17.3 Å². The number of hydrogen-bond donors (Lipinski definition) is 0. The van der Waals surface area contributed by atoms with Gasteiger partial charge in [-0.25, -0.2) is 9.97 Å². The summed E-state index contributed by atoms with van der Waals surface area (Å²) in [5, 5.41) is 0. The van der Waals surface area contributed by atoms with Crippen LogP contribution in [-0.4, -0.2) is 54.5 Å². The normalized spacial score (nSPS) is 19.1. The van der Waals surface area contributed by atoms with Crippen LogP contribution in [0, 0.1) is 0 Å². The molecule has 28 heavy (non-hydrogen) atoms. The molecule has 9 heteroatoms. The minimum Gasteiger partial charge on any atom is -0.340 e. The van der Waals surface area contributed by atoms with Crippen LogP contribution in [0.4, 0.5) is 11.5 Å². The van der Waals surface area contributed by atoms with Crippen molar-refractivity contribution in [2.24, 2.45) is 0 Å². The Kier molecular flexibility index (Phi) is 3.81. The Morgan fingerprint density at radius 1 is 1.11 bits per heavy atom. The molecule has 1 aliphatic carbocycles. The van der Waals surface area contributed by atoms with Gasteiger partial charge in [0.25, 0.3) is 0 Å². The lowest BCUT2D eigenvalue weighted by molar-refractivity contribution is -0.120. The second kappa shape index (κ2) is 6.36. The number of carbonyl (C=O) groups is 1. The zero-order valence-electron chi connectivity index (χ0n) is 15.7. The van der Waals surface area contributed by atoms with Crippen molar-refractivity contribution >= 4 is 17.4 Å². The first-order chi connectivity index (χ1) is 13.7. The monoisotopic (exact) mass is 376 g/mol. The SMILES string of the molecule is CC[C@@H]1C(=O)N(C)c2cnc(-n3cncc3-c3cnccn3)nc2N1C1CC1. The van der Waals surface area contributed by atoms with Gasteiger partial charge in [-0.15, -0.1) is 0 Å². The highest BCUT2D eigenvalue weighted by molar-refractivity contribution is 6.04. The van der Waals surface area contributed by atoms with Crippen molar-refractivity contribution < 1.29 is 4.79 Å². The molecule has 142 valence electrons. The lowest BCUT2D eigenvalue weighted by Gasteiger charge is -2.40. The molecule has 0 bridgehead atoms. The molecule has 2 aliphatic rings. The summed E-state index contributed by atoms with van der Waals surface area (Å²) in [5.41, 5.74) is 2.20. The number of amides is 1. The molecule has 0 unspecified atom stereocenters. The summed E-state index contributed by atoms with van der Waals surface area (Å²) in [6.45, 7) is 2.04. The number of rotatable bonds is 4. The van der Waals surface area contributed by atoms with Gasteiger partial charge in [-0.2, -0.15) is 4.98 Å². The Hall–Kier alpha value is -3.36. The summed E-state index contributed by atoms with van der Waals surface area (Å²) in [6, 6.07) is 0.182. The number of imidazole rings is 1. The van der Waals surface area contributed by atoms with Crippen LogP contribution in [0.1, 0.15) is 26.2 Å². The Morgan fingerprint density at radius 3 is 2.68 bits per heavy atom. The van der Waals surface area contributed by atoms with Gasteiger partial charge in [-0.1, -0.05) is 6.92 Å². The topological polar surface area (TPSA) is 92.9 Å². The smallest absolute Gasteiger partial charge is 0.249 e. The molecular formula is C19H20N8O. The summed E-state index contributed by atoms with van der Waals surface area (Å²) >= 11 is 0. The maximum atomic E-state index is 12.8. The van der Waals surface area contributed by atoms with E-state index in [-0.39, 0.29) is 11.9 Å². The molecule has 3 aromatic heterocycles. The second-order valence-electron chi connectivity index (χ2n) is 7.08. The number of aromatic nitrogens is 6. The Morgan fingerprint density at radius 2 is 1.96 bits per heavy atom. The minimum absolute atomic E-state index is 0.0983. The first-order valence-electron chi connectivity index (χ1n) is 9.41. The standard InChI is InChI=1S/C19H20N8O/c1-3-14-18(28)25(2)16-10-23-19(24-17(16)27(14)12-4-5-12)26-11-21-9-15(26)13-8-20-6-7-22-13/h6-12,14H,3-5H2,1-2H3/t14-/m1/s1. The van der Waals surface area contributed by atoms with Crippen LogP contribution in [0.2, 0.25) is 0 Å². The van der Waals surface area contributed by atoms with E-state index in [0.717, 1.165) is 36.5 Å². The highest BCUT2D eigenvalue weighted by Crippen LogP contribution is 2.41. The van der Waals surface area contributed by atoms with Gasteiger partial charge in [0.15, 0.2) is 5.82 Å². The fourth-order valence-electron chi connectivity index (χ4n) is 3.74. The number of hydrogen-bond acceptors (Lipinski definition) is 7. The lowest BCUT2D eigenvalue weighted by atomic mass is 10.1. The number of carbonyl (C=O) groups excluding carboxylic acids is 1. The van der Waals surface area contributed by atoms with Crippen molar-refractivity contribution in [1.29, 1.82) is 0 Å². The van der Waals surface area contributed by atoms with Crippen LogP contribution in [0.15, 0.2) is 37.3 Å². The van der Waals surface area contributed by atoms with Gasteiger partial charge in [0.1, 0.15) is 23.8 Å². The van der Waals surface area contributed by atoms with Crippen LogP contribution in [0.3, 0.4) is 0 Å². The Labute approximate surface area is 162 Å². The van der Waals surface area contributed by atoms with Crippen molar-refractivity contribution in [3.8, 4) is 17.3 Å². The highest BCUT2D eigenvalue weighted by atomic mass is 16.2. The number of fused-ring (bicyclic) bond motifs is 1. The fourth-order valence-corrected chi connectivity index (χ4v) is 3.74. The largest absolute Gasteiger partial charge is 0.340 e. The van der Waals surface area contributed by atoms with E-state index in [4.69, 9.17) is 4.98 Å². The minimum atomic E-state index is -0.185. The maximum Gasteiger partial charge on any atom is 0.249 e. The molecule has 0 spiro atoms. The van der Waals surface area contributed by atoms with Crippen molar-refractivity contribution in [3.05, 3.63) is 37.3 Å². The Balaban J connectivity index is 1.63. The van der Waals surface area contributed by atoms with Crippen molar-refractivity contribution in [2.75, 3.05) is 16.8 Å². The molecular weight excluding hydrogens is 356 g/mol. The highest BCUT2D eigenvalue weighted by Gasteiger charge is 2.44. The first kappa shape index (κ1) is 16.8. The predicted octanol–water partition coefficient (Wildman–Crippen LogP) is 1.84. The second-order valence-corrected chi connectivity index (χ2v) is 7.08. The molecule has 9 nitrogen and oxygen atoms in total. The summed E-state index contributed by atoms with van der Waals surface area (Å²) in [7, 11) is 1.79.